The first kappa shape index (κ1) is 21.6. The van der Waals surface area contributed by atoms with Crippen molar-refractivity contribution in [3.8, 4) is 0 Å². The number of hydrogen-bond acceptors (Lipinski definition) is 5. The summed E-state index contributed by atoms with van der Waals surface area (Å²) in [5.74, 6) is -3.64. The fraction of sp³-hybridized carbons (Fsp3) is 0.318. The Bertz CT molecular complexity index is 801. The molecule has 0 heterocycles. The van der Waals surface area contributed by atoms with E-state index < -0.39 is 23.8 Å². The normalized spacial score (nSPS) is 11.7. The number of esters is 2. The Kier molecular flexibility index (Phi) is 8.20. The molecule has 0 saturated heterocycles. The summed E-state index contributed by atoms with van der Waals surface area (Å²) < 4.78 is 10.2. The zero-order valence-electron chi connectivity index (χ0n) is 15.9. The van der Waals surface area contributed by atoms with Gasteiger partial charge >= 0.3 is 11.9 Å². The first-order valence-corrected chi connectivity index (χ1v) is 9.52. The van der Waals surface area contributed by atoms with Crippen LogP contribution in [-0.4, -0.2) is 30.9 Å². The molecule has 0 amide bonds. The van der Waals surface area contributed by atoms with Crippen molar-refractivity contribution in [3.63, 3.8) is 0 Å². The second kappa shape index (κ2) is 10.6. The van der Waals surface area contributed by atoms with Gasteiger partial charge in [-0.3, -0.25) is 14.4 Å². The molecule has 0 fully saturated rings. The van der Waals surface area contributed by atoms with E-state index in [1.165, 1.54) is 0 Å². The second-order valence-corrected chi connectivity index (χ2v) is 6.57. The average Bonchev–Trinajstić information content (AvgIpc) is 2.68. The van der Waals surface area contributed by atoms with E-state index in [0.29, 0.717) is 16.1 Å². The summed E-state index contributed by atoms with van der Waals surface area (Å²) in [6.07, 6.45) is -0.0628. The molecule has 2 aromatic carbocycles. The van der Waals surface area contributed by atoms with Gasteiger partial charge in [0.05, 0.1) is 13.2 Å². The largest absolute Gasteiger partial charge is 0.465 e. The lowest BCUT2D eigenvalue weighted by Crippen LogP contribution is -2.34. The maximum atomic E-state index is 12.8. The summed E-state index contributed by atoms with van der Waals surface area (Å²) in [5.41, 5.74) is 1.10. The minimum atomic E-state index is -1.26. The summed E-state index contributed by atoms with van der Waals surface area (Å²) >= 11 is 6.11. The molecule has 0 radical (unpaired) electrons. The van der Waals surface area contributed by atoms with Crippen molar-refractivity contribution in [2.45, 2.75) is 26.2 Å². The van der Waals surface area contributed by atoms with Gasteiger partial charge in [0.1, 0.15) is 0 Å². The summed E-state index contributed by atoms with van der Waals surface area (Å²) in [6, 6.07) is 15.5. The predicted octanol–water partition coefficient (Wildman–Crippen LogP) is 4.44. The van der Waals surface area contributed by atoms with Gasteiger partial charge in [0.25, 0.3) is 0 Å². The minimum Gasteiger partial charge on any atom is -0.465 e. The highest BCUT2D eigenvalue weighted by Gasteiger charge is 2.39. The van der Waals surface area contributed by atoms with Crippen LogP contribution in [-0.2, 0) is 19.1 Å². The number of carbonyl (C=O) groups excluding carboxylic acids is 3. The number of rotatable bonds is 9. The third-order valence-corrected chi connectivity index (χ3v) is 4.50. The Morgan fingerprint density at radius 2 is 1.50 bits per heavy atom. The van der Waals surface area contributed by atoms with Crippen molar-refractivity contribution in [2.24, 2.45) is 5.92 Å². The molecule has 0 aromatic heterocycles. The van der Waals surface area contributed by atoms with Crippen LogP contribution in [0, 0.1) is 5.92 Å². The van der Waals surface area contributed by atoms with Crippen LogP contribution in [0.4, 0.5) is 0 Å². The molecule has 1 unspecified atom stereocenters. The first-order valence-electron chi connectivity index (χ1n) is 9.14. The quantitative estimate of drug-likeness (QED) is 0.352. The van der Waals surface area contributed by atoms with Crippen LogP contribution in [0.1, 0.15) is 42.1 Å². The van der Waals surface area contributed by atoms with Gasteiger partial charge in [-0.2, -0.15) is 0 Å². The number of carbonyl (C=O) groups is 3. The summed E-state index contributed by atoms with van der Waals surface area (Å²) in [5, 5.41) is 0.445. The Morgan fingerprint density at radius 1 is 0.893 bits per heavy atom. The van der Waals surface area contributed by atoms with Crippen LogP contribution in [0.2, 0.25) is 5.02 Å². The van der Waals surface area contributed by atoms with E-state index in [0.717, 1.165) is 0 Å². The molecule has 0 N–H and O–H groups in total. The van der Waals surface area contributed by atoms with E-state index in [1.807, 2.05) is 6.07 Å². The topological polar surface area (TPSA) is 69.7 Å². The number of benzene rings is 2. The highest BCUT2D eigenvalue weighted by molar-refractivity contribution is 6.30. The summed E-state index contributed by atoms with van der Waals surface area (Å²) in [4.78, 5) is 38.1. The molecule has 28 heavy (non-hydrogen) atoms. The molecule has 0 saturated carbocycles. The van der Waals surface area contributed by atoms with Crippen molar-refractivity contribution in [1.29, 1.82) is 0 Å². The molecule has 0 aliphatic heterocycles. The zero-order valence-corrected chi connectivity index (χ0v) is 16.6. The van der Waals surface area contributed by atoms with Crippen molar-refractivity contribution in [3.05, 3.63) is 70.7 Å². The number of ether oxygens (including phenoxy) is 2. The van der Waals surface area contributed by atoms with Crippen LogP contribution in [0.15, 0.2) is 54.6 Å². The highest BCUT2D eigenvalue weighted by Crippen LogP contribution is 2.33. The standard InChI is InChI=1S/C22H23ClO5/c1-3-27-21(25)20(22(26)28-4-2)18(16-11-8-12-17(23)13-16)14-19(24)15-9-6-5-7-10-15/h5-13,18,20H,3-4,14H2,1-2H3. The van der Waals surface area contributed by atoms with Gasteiger partial charge in [0, 0.05) is 22.9 Å². The van der Waals surface area contributed by atoms with Crippen LogP contribution in [0.3, 0.4) is 0 Å². The molecular weight excluding hydrogens is 380 g/mol. The molecule has 0 aliphatic carbocycles. The average molecular weight is 403 g/mol. The van der Waals surface area contributed by atoms with E-state index in [-0.39, 0.29) is 25.4 Å². The lowest BCUT2D eigenvalue weighted by molar-refractivity contribution is -0.162. The molecule has 148 valence electrons. The Hall–Kier alpha value is -2.66. The Balaban J connectivity index is 2.46. The number of Topliss-reactive ketones (excluding diaryl/α,β-unsaturated/α-hetero) is 1. The van der Waals surface area contributed by atoms with E-state index in [9.17, 15) is 14.4 Å². The van der Waals surface area contributed by atoms with Crippen LogP contribution < -0.4 is 0 Å². The van der Waals surface area contributed by atoms with Crippen molar-refractivity contribution < 1.29 is 23.9 Å². The molecule has 1 atom stereocenters. The molecule has 5 nitrogen and oxygen atoms in total. The summed E-state index contributed by atoms with van der Waals surface area (Å²) in [7, 11) is 0. The van der Waals surface area contributed by atoms with E-state index in [4.69, 9.17) is 21.1 Å². The van der Waals surface area contributed by atoms with Gasteiger partial charge in [0.15, 0.2) is 11.7 Å². The smallest absolute Gasteiger partial charge is 0.320 e. The Labute approximate surface area is 169 Å². The zero-order chi connectivity index (χ0) is 20.5. The first-order chi connectivity index (χ1) is 13.5. The fourth-order valence-corrected chi connectivity index (χ4v) is 3.19. The predicted molar refractivity (Wildman–Crippen MR) is 106 cm³/mol. The molecule has 6 heteroatoms. The molecular formula is C22H23ClO5. The van der Waals surface area contributed by atoms with Crippen molar-refractivity contribution in [2.75, 3.05) is 13.2 Å². The maximum absolute atomic E-state index is 12.8. The molecule has 2 aromatic rings. The van der Waals surface area contributed by atoms with Gasteiger partial charge in [0.2, 0.25) is 0 Å². The van der Waals surface area contributed by atoms with Crippen molar-refractivity contribution >= 4 is 29.3 Å². The van der Waals surface area contributed by atoms with Crippen LogP contribution in [0.25, 0.3) is 0 Å². The third kappa shape index (κ3) is 5.67. The molecule has 2 rings (SSSR count). The van der Waals surface area contributed by atoms with Gasteiger partial charge in [-0.15, -0.1) is 0 Å². The molecule has 0 bridgehead atoms. The SMILES string of the molecule is CCOC(=O)C(C(=O)OCC)C(CC(=O)c1ccccc1)c1cccc(Cl)c1. The lowest BCUT2D eigenvalue weighted by Gasteiger charge is -2.24. The van der Waals surface area contributed by atoms with Gasteiger partial charge < -0.3 is 9.47 Å². The number of hydrogen-bond donors (Lipinski definition) is 0. The second-order valence-electron chi connectivity index (χ2n) is 6.14. The Morgan fingerprint density at radius 3 is 2.04 bits per heavy atom. The lowest BCUT2D eigenvalue weighted by atomic mass is 9.81. The third-order valence-electron chi connectivity index (χ3n) is 4.26. The van der Waals surface area contributed by atoms with Crippen molar-refractivity contribution in [1.82, 2.24) is 0 Å². The molecule has 0 spiro atoms. The van der Waals surface area contributed by atoms with E-state index >= 15 is 0 Å². The van der Waals surface area contributed by atoms with Crippen LogP contribution in [0.5, 0.6) is 0 Å². The summed E-state index contributed by atoms with van der Waals surface area (Å²) in [6.45, 7) is 3.54. The monoisotopic (exact) mass is 402 g/mol. The van der Waals surface area contributed by atoms with E-state index in [2.05, 4.69) is 0 Å². The van der Waals surface area contributed by atoms with E-state index in [1.54, 1.807) is 62.4 Å². The molecule has 0 aliphatic rings. The number of halogens is 1. The van der Waals surface area contributed by atoms with Gasteiger partial charge in [-0.05, 0) is 31.5 Å². The maximum Gasteiger partial charge on any atom is 0.320 e. The van der Waals surface area contributed by atoms with Gasteiger partial charge in [-0.1, -0.05) is 54.1 Å². The fourth-order valence-electron chi connectivity index (χ4n) is 3.00. The highest BCUT2D eigenvalue weighted by atomic mass is 35.5. The minimum absolute atomic E-state index is 0.0628. The van der Waals surface area contributed by atoms with Gasteiger partial charge in [-0.25, -0.2) is 0 Å². The number of ketones is 1. The van der Waals surface area contributed by atoms with Crippen LogP contribution >= 0.6 is 11.6 Å².